The fourth-order valence-corrected chi connectivity index (χ4v) is 10.7. The first-order valence-corrected chi connectivity index (χ1v) is 26.6. The van der Waals surface area contributed by atoms with Crippen LogP contribution in [0.4, 0.5) is 0 Å². The maximum atomic E-state index is 6.55. The van der Waals surface area contributed by atoms with E-state index in [0.29, 0.717) is 5.92 Å². The molecule has 1 radical (unpaired) electrons. The van der Waals surface area contributed by atoms with Crippen molar-refractivity contribution < 1.29 is 24.5 Å². The van der Waals surface area contributed by atoms with E-state index >= 15 is 0 Å². The van der Waals surface area contributed by atoms with Gasteiger partial charge in [-0.3, -0.25) is 4.98 Å². The monoisotopic (exact) mass is 1060 g/mol. The third-order valence-corrected chi connectivity index (χ3v) is 14.5. The van der Waals surface area contributed by atoms with E-state index in [9.17, 15) is 0 Å². The molecule has 0 aliphatic heterocycles. The first-order valence-electron chi connectivity index (χ1n) is 23.1. The average Bonchev–Trinajstić information content (AvgIpc) is 3.86. The second-order valence-corrected chi connectivity index (χ2v) is 24.6. The van der Waals surface area contributed by atoms with Crippen molar-refractivity contribution in [2.75, 3.05) is 0 Å². The van der Waals surface area contributed by atoms with Gasteiger partial charge in [-0.2, -0.15) is 0 Å². The van der Waals surface area contributed by atoms with Crippen LogP contribution >= 0.6 is 0 Å². The molecular weight excluding hydrogens is 1000 g/mol. The number of furan rings is 1. The molecule has 6 aromatic carbocycles. The molecule has 4 aromatic heterocycles. The van der Waals surface area contributed by atoms with E-state index in [1.165, 1.54) is 49.5 Å². The van der Waals surface area contributed by atoms with Crippen molar-refractivity contribution in [3.05, 3.63) is 174 Å². The van der Waals surface area contributed by atoms with Gasteiger partial charge in [-0.25, -0.2) is 0 Å². The van der Waals surface area contributed by atoms with Crippen LogP contribution in [0.3, 0.4) is 0 Å². The Morgan fingerprint density at radius 1 is 0.697 bits per heavy atom. The van der Waals surface area contributed by atoms with Crippen LogP contribution in [0.5, 0.6) is 0 Å². The molecule has 66 heavy (non-hydrogen) atoms. The molecule has 0 N–H and O–H groups in total. The number of hydrogen-bond donors (Lipinski definition) is 0. The van der Waals surface area contributed by atoms with Crippen LogP contribution in [0.1, 0.15) is 75.6 Å². The molecule has 0 amide bonds. The van der Waals surface area contributed by atoms with Gasteiger partial charge in [0.25, 0.3) is 0 Å². The molecule has 0 bridgehead atoms. The summed E-state index contributed by atoms with van der Waals surface area (Å²) in [6, 6.07) is 48.4. The van der Waals surface area contributed by atoms with Gasteiger partial charge in [0, 0.05) is 37.4 Å². The summed E-state index contributed by atoms with van der Waals surface area (Å²) in [7, 11) is -1.34. The van der Waals surface area contributed by atoms with Crippen molar-refractivity contribution >= 4 is 57.0 Å². The molecule has 10 aromatic rings. The Hall–Kier alpha value is -5.98. The summed E-state index contributed by atoms with van der Waals surface area (Å²) in [6.45, 7) is 22.9. The van der Waals surface area contributed by atoms with Crippen molar-refractivity contribution in [3.63, 3.8) is 0 Å². The summed E-state index contributed by atoms with van der Waals surface area (Å²) in [5, 5.41) is 6.01. The Balaban J connectivity index is 0.000000238. The zero-order valence-electron chi connectivity index (χ0n) is 39.7. The van der Waals surface area contributed by atoms with Crippen LogP contribution in [0.25, 0.3) is 83.2 Å². The zero-order chi connectivity index (χ0) is 45.6. The molecule has 0 saturated carbocycles. The van der Waals surface area contributed by atoms with Gasteiger partial charge in [-0.15, -0.1) is 35.9 Å². The number of benzene rings is 6. The standard InChI is InChI=1S/C41H34N3O.C18H24NSi.Ir/c1-24(2)32-20-30(29-16-15-27-10-6-7-11-28(27)19-29)21-33(25(3)4)39(32)44-37-13-9-8-12-36(37)43-41(44)35-23-42-22-34-31-17-14-26(5)18-38(31)45-40(34)35;1-14(2)11-16-12-17(15-9-7-6-8-10-15)19-13-18(16)20(3,4)5;/h6-22,24-25H,1-5H3;6-9,12-14H,11H2,1-5H3;/q2*-1;. The van der Waals surface area contributed by atoms with Crippen molar-refractivity contribution in [1.29, 1.82) is 0 Å². The molecule has 335 valence electrons. The van der Waals surface area contributed by atoms with Crippen molar-refractivity contribution in [3.8, 4) is 39.5 Å². The minimum absolute atomic E-state index is 0. The van der Waals surface area contributed by atoms with Crippen LogP contribution in [-0.4, -0.2) is 27.6 Å². The predicted molar refractivity (Wildman–Crippen MR) is 276 cm³/mol. The predicted octanol–water partition coefficient (Wildman–Crippen LogP) is 15.5. The summed E-state index contributed by atoms with van der Waals surface area (Å²) in [5.74, 6) is 1.98. The van der Waals surface area contributed by atoms with E-state index in [2.05, 4.69) is 204 Å². The van der Waals surface area contributed by atoms with Gasteiger partial charge < -0.3 is 19.0 Å². The Morgan fingerprint density at radius 3 is 2.11 bits per heavy atom. The number of aryl methyl sites for hydroxylation is 1. The van der Waals surface area contributed by atoms with E-state index in [4.69, 9.17) is 9.40 Å². The largest absolute Gasteiger partial charge is 0.500 e. The Bertz CT molecular complexity index is 3310. The maximum Gasteiger partial charge on any atom is 0.121 e. The van der Waals surface area contributed by atoms with E-state index in [-0.39, 0.29) is 31.9 Å². The smallest absolute Gasteiger partial charge is 0.121 e. The first kappa shape index (κ1) is 46.5. The number of hydrogen-bond acceptors (Lipinski definition) is 4. The molecule has 0 aliphatic rings. The van der Waals surface area contributed by atoms with Gasteiger partial charge in [-0.1, -0.05) is 133 Å². The summed E-state index contributed by atoms with van der Waals surface area (Å²) in [4.78, 5) is 14.5. The molecule has 0 atom stereocenters. The van der Waals surface area contributed by atoms with Crippen molar-refractivity contribution in [1.82, 2.24) is 19.5 Å². The third kappa shape index (κ3) is 9.22. The molecular formula is C59H58IrN4OSi-2. The topological polar surface area (TPSA) is 56.7 Å². The second-order valence-electron chi connectivity index (χ2n) is 19.6. The number of fused-ring (bicyclic) bond motifs is 5. The number of imidazole rings is 1. The fourth-order valence-electron chi connectivity index (χ4n) is 9.16. The number of nitrogens with zero attached hydrogens (tertiary/aromatic N) is 4. The molecule has 0 unspecified atom stereocenters. The normalized spacial score (nSPS) is 11.8. The molecule has 4 heterocycles. The molecule has 0 saturated heterocycles. The van der Waals surface area contributed by atoms with Crippen LogP contribution in [-0.2, 0) is 26.5 Å². The van der Waals surface area contributed by atoms with E-state index in [0.717, 1.165) is 67.6 Å². The van der Waals surface area contributed by atoms with Gasteiger partial charge in [0.2, 0.25) is 0 Å². The minimum Gasteiger partial charge on any atom is -0.500 e. The second kappa shape index (κ2) is 19.1. The van der Waals surface area contributed by atoms with Gasteiger partial charge >= 0.3 is 0 Å². The fraction of sp³-hybridized carbons (Fsp3) is 0.237. The average molecular weight is 1060 g/mol. The molecule has 5 nitrogen and oxygen atoms in total. The van der Waals surface area contributed by atoms with Gasteiger partial charge in [0.15, 0.2) is 0 Å². The molecule has 0 spiro atoms. The molecule has 10 rings (SSSR count). The molecule has 0 aliphatic carbocycles. The Kier molecular flexibility index (Phi) is 13.5. The van der Waals surface area contributed by atoms with Crippen LogP contribution in [0.15, 0.2) is 144 Å². The summed E-state index contributed by atoms with van der Waals surface area (Å²) in [5.41, 5.74) is 15.3. The van der Waals surface area contributed by atoms with Crippen molar-refractivity contribution in [2.45, 2.75) is 86.4 Å². The maximum absolute atomic E-state index is 6.55. The van der Waals surface area contributed by atoms with E-state index in [1.54, 1.807) is 0 Å². The minimum atomic E-state index is -1.34. The quantitative estimate of drug-likeness (QED) is 0.107. The Labute approximate surface area is 404 Å². The number of pyridine rings is 2. The summed E-state index contributed by atoms with van der Waals surface area (Å²) < 4.78 is 8.88. The molecule has 7 heteroatoms. The number of para-hydroxylation sites is 2. The van der Waals surface area contributed by atoms with Gasteiger partial charge in [0.1, 0.15) is 5.58 Å². The van der Waals surface area contributed by atoms with Crippen molar-refractivity contribution in [2.24, 2.45) is 5.92 Å². The van der Waals surface area contributed by atoms with Crippen LogP contribution in [0.2, 0.25) is 19.6 Å². The van der Waals surface area contributed by atoms with Crippen LogP contribution in [0, 0.1) is 25.1 Å². The Morgan fingerprint density at radius 2 is 1.41 bits per heavy atom. The zero-order valence-corrected chi connectivity index (χ0v) is 43.1. The van der Waals surface area contributed by atoms with E-state index in [1.807, 2.05) is 30.5 Å². The number of rotatable bonds is 9. The third-order valence-electron chi connectivity index (χ3n) is 12.4. The van der Waals surface area contributed by atoms with E-state index < -0.39 is 8.07 Å². The van der Waals surface area contributed by atoms with Gasteiger partial charge in [0.05, 0.1) is 30.5 Å². The summed E-state index contributed by atoms with van der Waals surface area (Å²) >= 11 is 0. The number of aromatic nitrogens is 4. The SMILES string of the molecule is CC(C)Cc1cc(-c2[c-]cccc2)ncc1[Si](C)(C)C.Cc1ccc2c(c1)oc1c(-c3nc4ccccc4n3-c3c(C(C)C)cc(-c4ccc5ccccc5c4)cc3C(C)C)[c-]ncc12.[Ir]. The molecule has 0 fully saturated rings. The van der Waals surface area contributed by atoms with Crippen LogP contribution < -0.4 is 5.19 Å². The first-order chi connectivity index (χ1) is 31.2. The van der Waals surface area contributed by atoms with Gasteiger partial charge in [-0.05, 0) is 140 Å². The summed E-state index contributed by atoms with van der Waals surface area (Å²) in [6.07, 6.45) is 8.39.